The number of hydrogen-bond donors (Lipinski definition) is 1. The maximum Gasteiger partial charge on any atom is 0.236 e. The molecule has 1 aliphatic carbocycles. The van der Waals surface area contributed by atoms with Crippen molar-refractivity contribution in [2.24, 2.45) is 0 Å². The number of amides is 1. The molecule has 1 amide bonds. The Balaban J connectivity index is 1.76. The Morgan fingerprint density at radius 2 is 1.95 bits per heavy atom. The standard InChI is InChI=1S/C17H26N2O/c1-4-19(16-9-10-16)17(20)12-18-11-14-5-7-15(8-6-14)13(2)3/h5-8,13,16,18H,4,9-12H2,1-3H3. The molecule has 0 heterocycles. The Morgan fingerprint density at radius 1 is 1.30 bits per heavy atom. The van der Waals surface area contributed by atoms with E-state index in [0.29, 0.717) is 18.5 Å². The summed E-state index contributed by atoms with van der Waals surface area (Å²) < 4.78 is 0. The van der Waals surface area contributed by atoms with Crippen LogP contribution >= 0.6 is 0 Å². The van der Waals surface area contributed by atoms with Crippen LogP contribution in [0.25, 0.3) is 0 Å². The Morgan fingerprint density at radius 3 is 2.45 bits per heavy atom. The van der Waals surface area contributed by atoms with Crippen molar-refractivity contribution in [3.63, 3.8) is 0 Å². The quantitative estimate of drug-likeness (QED) is 0.829. The molecule has 1 aromatic rings. The van der Waals surface area contributed by atoms with Crippen LogP contribution in [0.3, 0.4) is 0 Å². The number of carbonyl (C=O) groups excluding carboxylic acids is 1. The average molecular weight is 274 g/mol. The van der Waals surface area contributed by atoms with Gasteiger partial charge >= 0.3 is 0 Å². The molecule has 0 aliphatic heterocycles. The number of likely N-dealkylation sites (N-methyl/N-ethyl adjacent to an activating group) is 1. The van der Waals surface area contributed by atoms with Gasteiger partial charge in [-0.3, -0.25) is 4.79 Å². The zero-order chi connectivity index (χ0) is 14.5. The average Bonchev–Trinajstić information content (AvgIpc) is 3.25. The molecule has 0 atom stereocenters. The summed E-state index contributed by atoms with van der Waals surface area (Å²) in [5.74, 6) is 0.795. The van der Waals surface area contributed by atoms with E-state index in [4.69, 9.17) is 0 Å². The van der Waals surface area contributed by atoms with Gasteiger partial charge in [0.25, 0.3) is 0 Å². The fourth-order valence-corrected chi connectivity index (χ4v) is 2.46. The Kier molecular flexibility index (Phi) is 5.18. The van der Waals surface area contributed by atoms with Crippen LogP contribution in [-0.2, 0) is 11.3 Å². The molecule has 0 spiro atoms. The molecule has 20 heavy (non-hydrogen) atoms. The molecule has 2 rings (SSSR count). The minimum atomic E-state index is 0.230. The van der Waals surface area contributed by atoms with Gasteiger partial charge in [-0.15, -0.1) is 0 Å². The maximum absolute atomic E-state index is 12.1. The summed E-state index contributed by atoms with van der Waals surface area (Å²) in [6.45, 7) is 8.48. The fraction of sp³-hybridized carbons (Fsp3) is 0.588. The fourth-order valence-electron chi connectivity index (χ4n) is 2.46. The van der Waals surface area contributed by atoms with Gasteiger partial charge < -0.3 is 10.2 Å². The molecular weight excluding hydrogens is 248 g/mol. The highest BCUT2D eigenvalue weighted by molar-refractivity contribution is 5.78. The number of carbonyl (C=O) groups is 1. The molecule has 1 aromatic carbocycles. The second-order valence-electron chi connectivity index (χ2n) is 5.91. The molecule has 0 unspecified atom stereocenters. The summed E-state index contributed by atoms with van der Waals surface area (Å²) in [5.41, 5.74) is 2.59. The molecule has 0 saturated heterocycles. The van der Waals surface area contributed by atoms with Crippen LogP contribution < -0.4 is 5.32 Å². The predicted octanol–water partition coefficient (Wildman–Crippen LogP) is 2.91. The van der Waals surface area contributed by atoms with Gasteiger partial charge in [0.05, 0.1) is 6.54 Å². The van der Waals surface area contributed by atoms with Gasteiger partial charge in [-0.1, -0.05) is 38.1 Å². The first kappa shape index (κ1) is 15.0. The first-order valence-corrected chi connectivity index (χ1v) is 7.70. The summed E-state index contributed by atoms with van der Waals surface area (Å²) in [4.78, 5) is 14.0. The number of benzene rings is 1. The Hall–Kier alpha value is -1.35. The molecule has 1 N–H and O–H groups in total. The summed E-state index contributed by atoms with van der Waals surface area (Å²) >= 11 is 0. The molecule has 1 saturated carbocycles. The second kappa shape index (κ2) is 6.89. The normalized spacial score (nSPS) is 14.6. The summed E-state index contributed by atoms with van der Waals surface area (Å²) in [5, 5.41) is 3.26. The van der Waals surface area contributed by atoms with Gasteiger partial charge in [0.2, 0.25) is 5.91 Å². The lowest BCUT2D eigenvalue weighted by atomic mass is 10.0. The third kappa shape index (κ3) is 4.07. The van der Waals surface area contributed by atoms with E-state index in [2.05, 4.69) is 50.4 Å². The number of nitrogens with zero attached hydrogens (tertiary/aromatic N) is 1. The van der Waals surface area contributed by atoms with Gasteiger partial charge in [0, 0.05) is 19.1 Å². The summed E-state index contributed by atoms with van der Waals surface area (Å²) in [6, 6.07) is 9.15. The minimum Gasteiger partial charge on any atom is -0.339 e. The summed E-state index contributed by atoms with van der Waals surface area (Å²) in [7, 11) is 0. The predicted molar refractivity (Wildman–Crippen MR) is 82.6 cm³/mol. The molecule has 0 radical (unpaired) electrons. The molecule has 0 bridgehead atoms. The summed E-state index contributed by atoms with van der Waals surface area (Å²) in [6.07, 6.45) is 2.35. The molecular formula is C17H26N2O. The van der Waals surface area contributed by atoms with Crippen LogP contribution in [0.15, 0.2) is 24.3 Å². The third-order valence-corrected chi connectivity index (χ3v) is 3.90. The lowest BCUT2D eigenvalue weighted by molar-refractivity contribution is -0.130. The third-order valence-electron chi connectivity index (χ3n) is 3.90. The molecule has 3 heteroatoms. The van der Waals surface area contributed by atoms with Crippen LogP contribution in [0.1, 0.15) is 50.7 Å². The first-order valence-electron chi connectivity index (χ1n) is 7.70. The van der Waals surface area contributed by atoms with E-state index in [-0.39, 0.29) is 5.91 Å². The van der Waals surface area contributed by atoms with Crippen molar-refractivity contribution >= 4 is 5.91 Å². The van der Waals surface area contributed by atoms with Crippen molar-refractivity contribution in [3.05, 3.63) is 35.4 Å². The van der Waals surface area contributed by atoms with Gasteiger partial charge in [-0.25, -0.2) is 0 Å². The zero-order valence-electron chi connectivity index (χ0n) is 12.9. The van der Waals surface area contributed by atoms with E-state index in [1.54, 1.807) is 0 Å². The van der Waals surface area contributed by atoms with E-state index < -0.39 is 0 Å². The van der Waals surface area contributed by atoms with E-state index >= 15 is 0 Å². The van der Waals surface area contributed by atoms with Crippen LogP contribution in [0.4, 0.5) is 0 Å². The molecule has 3 nitrogen and oxygen atoms in total. The van der Waals surface area contributed by atoms with Gasteiger partial charge in [0.1, 0.15) is 0 Å². The highest BCUT2D eigenvalue weighted by atomic mass is 16.2. The Labute approximate surface area is 122 Å². The van der Waals surface area contributed by atoms with Crippen molar-refractivity contribution in [1.82, 2.24) is 10.2 Å². The lowest BCUT2D eigenvalue weighted by Crippen LogP contribution is -2.39. The second-order valence-corrected chi connectivity index (χ2v) is 5.91. The molecule has 110 valence electrons. The zero-order valence-corrected chi connectivity index (χ0v) is 12.9. The highest BCUT2D eigenvalue weighted by Gasteiger charge is 2.30. The molecule has 1 aliphatic rings. The van der Waals surface area contributed by atoms with E-state index in [9.17, 15) is 4.79 Å². The van der Waals surface area contributed by atoms with E-state index in [1.165, 1.54) is 24.0 Å². The first-order chi connectivity index (χ1) is 9.61. The smallest absolute Gasteiger partial charge is 0.236 e. The SMILES string of the molecule is CCN(C(=O)CNCc1ccc(C(C)C)cc1)C1CC1. The van der Waals surface area contributed by atoms with E-state index in [0.717, 1.165) is 13.1 Å². The number of nitrogens with one attached hydrogen (secondary N) is 1. The maximum atomic E-state index is 12.1. The Bertz CT molecular complexity index is 435. The number of hydrogen-bond acceptors (Lipinski definition) is 2. The largest absolute Gasteiger partial charge is 0.339 e. The lowest BCUT2D eigenvalue weighted by Gasteiger charge is -2.20. The van der Waals surface area contributed by atoms with Gasteiger partial charge in [-0.2, -0.15) is 0 Å². The molecule has 0 aromatic heterocycles. The van der Waals surface area contributed by atoms with Crippen LogP contribution in [0.2, 0.25) is 0 Å². The van der Waals surface area contributed by atoms with Crippen molar-refractivity contribution in [2.45, 2.75) is 52.1 Å². The van der Waals surface area contributed by atoms with Gasteiger partial charge in [0.15, 0.2) is 0 Å². The van der Waals surface area contributed by atoms with Gasteiger partial charge in [-0.05, 0) is 36.8 Å². The van der Waals surface area contributed by atoms with Crippen molar-refractivity contribution in [3.8, 4) is 0 Å². The monoisotopic (exact) mass is 274 g/mol. The minimum absolute atomic E-state index is 0.230. The number of rotatable bonds is 7. The van der Waals surface area contributed by atoms with Crippen molar-refractivity contribution in [2.75, 3.05) is 13.1 Å². The topological polar surface area (TPSA) is 32.3 Å². The van der Waals surface area contributed by atoms with Crippen LogP contribution in [0, 0.1) is 0 Å². The highest BCUT2D eigenvalue weighted by Crippen LogP contribution is 2.26. The van der Waals surface area contributed by atoms with Crippen molar-refractivity contribution in [1.29, 1.82) is 0 Å². The van der Waals surface area contributed by atoms with Crippen molar-refractivity contribution < 1.29 is 4.79 Å². The van der Waals surface area contributed by atoms with Crippen LogP contribution in [-0.4, -0.2) is 29.9 Å². The van der Waals surface area contributed by atoms with E-state index in [1.807, 2.05) is 4.90 Å². The molecule has 1 fully saturated rings. The van der Waals surface area contributed by atoms with Crippen LogP contribution in [0.5, 0.6) is 0 Å².